The second-order valence-corrected chi connectivity index (χ2v) is 5.95. The summed E-state index contributed by atoms with van der Waals surface area (Å²) in [6, 6.07) is 0.723. The highest BCUT2D eigenvalue weighted by molar-refractivity contribution is 4.82. The van der Waals surface area contributed by atoms with Crippen LogP contribution in [0, 0.1) is 5.92 Å². The fraction of sp³-hybridized carbons (Fsp3) is 1.00. The first-order valence-electron chi connectivity index (χ1n) is 8.21. The normalized spacial score (nSPS) is 18.7. The van der Waals surface area contributed by atoms with Crippen molar-refractivity contribution >= 4 is 0 Å². The van der Waals surface area contributed by atoms with Gasteiger partial charge in [-0.2, -0.15) is 0 Å². The van der Waals surface area contributed by atoms with Crippen molar-refractivity contribution in [3.8, 4) is 0 Å². The Balaban J connectivity index is 2.38. The predicted octanol–water partition coefficient (Wildman–Crippen LogP) is 3.67. The number of hydrogen-bond acceptors (Lipinski definition) is 2. The van der Waals surface area contributed by atoms with Gasteiger partial charge in [-0.05, 0) is 51.7 Å². The highest BCUT2D eigenvalue weighted by Gasteiger charge is 2.25. The zero-order valence-corrected chi connectivity index (χ0v) is 12.9. The zero-order valence-electron chi connectivity index (χ0n) is 12.9. The molecule has 0 aliphatic heterocycles. The third-order valence-corrected chi connectivity index (χ3v) is 4.45. The van der Waals surface area contributed by atoms with Gasteiger partial charge in [-0.25, -0.2) is 0 Å². The molecule has 1 atom stereocenters. The third kappa shape index (κ3) is 5.71. The molecule has 2 heteroatoms. The highest BCUT2D eigenvalue weighted by atomic mass is 15.1. The van der Waals surface area contributed by atoms with Gasteiger partial charge in [0.05, 0.1) is 0 Å². The van der Waals surface area contributed by atoms with Gasteiger partial charge >= 0.3 is 0 Å². The molecular formula is C16H34N2. The van der Waals surface area contributed by atoms with Gasteiger partial charge < -0.3 is 10.2 Å². The van der Waals surface area contributed by atoms with Gasteiger partial charge in [0.15, 0.2) is 0 Å². The summed E-state index contributed by atoms with van der Waals surface area (Å²) in [7, 11) is 2.15. The van der Waals surface area contributed by atoms with Crippen LogP contribution in [-0.2, 0) is 0 Å². The van der Waals surface area contributed by atoms with Crippen molar-refractivity contribution in [3.05, 3.63) is 0 Å². The van der Waals surface area contributed by atoms with E-state index in [1.54, 1.807) is 0 Å². The number of unbranched alkanes of at least 4 members (excludes halogenated alkanes) is 2. The second kappa shape index (κ2) is 9.80. The summed E-state index contributed by atoms with van der Waals surface area (Å²) in [5.74, 6) is 0.931. The molecule has 1 aliphatic carbocycles. The van der Waals surface area contributed by atoms with Crippen molar-refractivity contribution in [2.45, 2.75) is 71.3 Å². The minimum atomic E-state index is 0.723. The quantitative estimate of drug-likeness (QED) is 0.640. The molecule has 18 heavy (non-hydrogen) atoms. The third-order valence-electron chi connectivity index (χ3n) is 4.45. The average Bonchev–Trinajstić information content (AvgIpc) is 2.92. The van der Waals surface area contributed by atoms with Crippen LogP contribution in [0.15, 0.2) is 0 Å². The monoisotopic (exact) mass is 254 g/mol. The molecule has 1 fully saturated rings. The Kier molecular flexibility index (Phi) is 8.70. The van der Waals surface area contributed by atoms with Crippen molar-refractivity contribution in [2.24, 2.45) is 5.92 Å². The Morgan fingerprint density at radius 1 is 1.06 bits per heavy atom. The first kappa shape index (κ1) is 16.0. The first-order chi connectivity index (χ1) is 8.81. The van der Waals surface area contributed by atoms with E-state index in [-0.39, 0.29) is 0 Å². The number of nitrogens with one attached hydrogen (secondary N) is 1. The Bertz CT molecular complexity index is 180. The van der Waals surface area contributed by atoms with Gasteiger partial charge in [0.25, 0.3) is 0 Å². The summed E-state index contributed by atoms with van der Waals surface area (Å²) >= 11 is 0. The summed E-state index contributed by atoms with van der Waals surface area (Å²) in [5, 5.41) is 3.59. The van der Waals surface area contributed by atoms with Gasteiger partial charge in [-0.1, -0.05) is 39.5 Å². The molecule has 0 amide bonds. The topological polar surface area (TPSA) is 15.3 Å². The van der Waals surface area contributed by atoms with Gasteiger partial charge in [0, 0.05) is 12.6 Å². The molecule has 0 saturated heterocycles. The van der Waals surface area contributed by atoms with E-state index in [0.717, 1.165) is 12.0 Å². The highest BCUT2D eigenvalue weighted by Crippen LogP contribution is 2.28. The van der Waals surface area contributed by atoms with E-state index in [1.807, 2.05) is 0 Å². The van der Waals surface area contributed by atoms with Gasteiger partial charge in [-0.3, -0.25) is 0 Å². The maximum Gasteiger partial charge on any atom is 0.0220 e. The number of hydrogen-bond donors (Lipinski definition) is 1. The Morgan fingerprint density at radius 3 is 2.06 bits per heavy atom. The summed E-state index contributed by atoms with van der Waals surface area (Å²) < 4.78 is 0. The average molecular weight is 254 g/mol. The van der Waals surface area contributed by atoms with Crippen molar-refractivity contribution in [1.82, 2.24) is 10.2 Å². The molecule has 1 aliphatic rings. The van der Waals surface area contributed by atoms with Crippen molar-refractivity contribution in [1.29, 1.82) is 0 Å². The Labute approximate surface area is 115 Å². The lowest BCUT2D eigenvalue weighted by atomic mass is 9.97. The lowest BCUT2D eigenvalue weighted by Gasteiger charge is -2.30. The van der Waals surface area contributed by atoms with Crippen molar-refractivity contribution < 1.29 is 0 Å². The second-order valence-electron chi connectivity index (χ2n) is 5.95. The van der Waals surface area contributed by atoms with Crippen LogP contribution in [0.2, 0.25) is 0 Å². The summed E-state index contributed by atoms with van der Waals surface area (Å²) in [6.07, 6.45) is 11.1. The van der Waals surface area contributed by atoms with Crippen molar-refractivity contribution in [3.63, 3.8) is 0 Å². The van der Waals surface area contributed by atoms with E-state index in [4.69, 9.17) is 0 Å². The fourth-order valence-corrected chi connectivity index (χ4v) is 3.17. The molecule has 1 unspecified atom stereocenters. The van der Waals surface area contributed by atoms with Crippen LogP contribution in [0.3, 0.4) is 0 Å². The molecule has 0 aromatic heterocycles. The lowest BCUT2D eigenvalue weighted by molar-refractivity contribution is 0.208. The molecule has 1 saturated carbocycles. The van der Waals surface area contributed by atoms with Crippen LogP contribution in [0.5, 0.6) is 0 Å². The maximum atomic E-state index is 3.59. The van der Waals surface area contributed by atoms with Crippen LogP contribution in [0.4, 0.5) is 0 Å². The van der Waals surface area contributed by atoms with Crippen LogP contribution in [0.25, 0.3) is 0 Å². The molecule has 2 nitrogen and oxygen atoms in total. The van der Waals surface area contributed by atoms with Crippen molar-refractivity contribution in [2.75, 3.05) is 26.7 Å². The SMILES string of the molecule is CCCCN(CCCC)CC(NC)C1CCCC1. The van der Waals surface area contributed by atoms with Crippen LogP contribution < -0.4 is 5.32 Å². The van der Waals surface area contributed by atoms with E-state index in [9.17, 15) is 0 Å². The van der Waals surface area contributed by atoms with Crippen LogP contribution in [-0.4, -0.2) is 37.6 Å². The van der Waals surface area contributed by atoms with Gasteiger partial charge in [0.2, 0.25) is 0 Å². The van der Waals surface area contributed by atoms with Crippen LogP contribution in [0.1, 0.15) is 65.2 Å². The number of likely N-dealkylation sites (N-methyl/N-ethyl adjacent to an activating group) is 1. The molecule has 1 rings (SSSR count). The van der Waals surface area contributed by atoms with E-state index in [0.29, 0.717) is 0 Å². The molecule has 0 radical (unpaired) electrons. The molecular weight excluding hydrogens is 220 g/mol. The molecule has 0 aromatic carbocycles. The zero-order chi connectivity index (χ0) is 13.2. The Morgan fingerprint density at radius 2 is 1.61 bits per heavy atom. The molecule has 0 spiro atoms. The number of nitrogens with zero attached hydrogens (tertiary/aromatic N) is 1. The van der Waals surface area contributed by atoms with E-state index < -0.39 is 0 Å². The predicted molar refractivity (Wildman–Crippen MR) is 81.1 cm³/mol. The summed E-state index contributed by atoms with van der Waals surface area (Å²) in [4.78, 5) is 2.70. The minimum Gasteiger partial charge on any atom is -0.315 e. The largest absolute Gasteiger partial charge is 0.315 e. The molecule has 0 heterocycles. The molecule has 0 bridgehead atoms. The molecule has 108 valence electrons. The van der Waals surface area contributed by atoms with Gasteiger partial charge in [0.1, 0.15) is 0 Å². The standard InChI is InChI=1S/C16H34N2/c1-4-6-12-18(13-7-5-2)14-16(17-3)15-10-8-9-11-15/h15-17H,4-14H2,1-3H3. The molecule has 0 aromatic rings. The minimum absolute atomic E-state index is 0.723. The van der Waals surface area contributed by atoms with E-state index in [1.165, 1.54) is 71.0 Å². The Hall–Kier alpha value is -0.0800. The fourth-order valence-electron chi connectivity index (χ4n) is 3.17. The smallest absolute Gasteiger partial charge is 0.0220 e. The number of rotatable bonds is 10. The summed E-state index contributed by atoms with van der Waals surface area (Å²) in [5.41, 5.74) is 0. The van der Waals surface area contributed by atoms with Crippen LogP contribution >= 0.6 is 0 Å². The van der Waals surface area contributed by atoms with E-state index >= 15 is 0 Å². The first-order valence-corrected chi connectivity index (χ1v) is 8.21. The van der Waals surface area contributed by atoms with Gasteiger partial charge in [-0.15, -0.1) is 0 Å². The summed E-state index contributed by atoms with van der Waals surface area (Å²) in [6.45, 7) is 8.44. The van der Waals surface area contributed by atoms with E-state index in [2.05, 4.69) is 31.1 Å². The molecule has 1 N–H and O–H groups in total. The lowest BCUT2D eigenvalue weighted by Crippen LogP contribution is -2.44. The maximum absolute atomic E-state index is 3.59.